The molecule has 2 heterocycles. The van der Waals surface area contributed by atoms with Crippen molar-refractivity contribution >= 4 is 23.5 Å². The molecule has 8 heteroatoms. The van der Waals surface area contributed by atoms with Crippen LogP contribution in [0.1, 0.15) is 19.3 Å². The van der Waals surface area contributed by atoms with Gasteiger partial charge in [0.25, 0.3) is 5.91 Å². The van der Waals surface area contributed by atoms with Crippen molar-refractivity contribution < 1.29 is 24.6 Å². The molecule has 0 aromatic carbocycles. The summed E-state index contributed by atoms with van der Waals surface area (Å²) in [5.41, 5.74) is 0.155. The van der Waals surface area contributed by atoms with Gasteiger partial charge in [-0.2, -0.15) is 5.10 Å². The van der Waals surface area contributed by atoms with Gasteiger partial charge in [0, 0.05) is 32.9 Å². The minimum absolute atomic E-state index is 0.0170. The van der Waals surface area contributed by atoms with Gasteiger partial charge in [-0.1, -0.05) is 0 Å². The monoisotopic (exact) mass is 269 g/mol. The van der Waals surface area contributed by atoms with E-state index in [2.05, 4.69) is 5.10 Å². The molecule has 0 unspecified atom stereocenters. The predicted molar refractivity (Wildman–Crippen MR) is 63.2 cm³/mol. The molecule has 2 aliphatic rings. The third-order valence-electron chi connectivity index (χ3n) is 3.28. The number of aliphatic carboxylic acids is 1. The van der Waals surface area contributed by atoms with Crippen LogP contribution in [0.25, 0.3) is 0 Å². The molecule has 104 valence electrons. The van der Waals surface area contributed by atoms with Gasteiger partial charge in [0.2, 0.25) is 5.91 Å². The highest BCUT2D eigenvalue weighted by molar-refractivity contribution is 6.39. The van der Waals surface area contributed by atoms with Gasteiger partial charge in [0.05, 0.1) is 6.10 Å². The lowest BCUT2D eigenvalue weighted by Gasteiger charge is -2.25. The van der Waals surface area contributed by atoms with E-state index in [0.29, 0.717) is 0 Å². The number of rotatable bonds is 2. The van der Waals surface area contributed by atoms with Crippen LogP contribution >= 0.6 is 0 Å². The maximum absolute atomic E-state index is 12.2. The maximum Gasteiger partial charge on any atom is 0.326 e. The molecule has 2 aliphatic heterocycles. The number of hydrazone groups is 1. The summed E-state index contributed by atoms with van der Waals surface area (Å²) in [6, 6.07) is -1.03. The van der Waals surface area contributed by atoms with Gasteiger partial charge < -0.3 is 15.1 Å². The zero-order chi connectivity index (χ0) is 14.2. The number of likely N-dealkylation sites (tertiary alicyclic amines) is 1. The number of carboxylic acids is 1. The summed E-state index contributed by atoms with van der Waals surface area (Å²) in [5.74, 6) is -1.86. The Morgan fingerprint density at radius 1 is 1.37 bits per heavy atom. The van der Waals surface area contributed by atoms with E-state index < -0.39 is 24.0 Å². The minimum Gasteiger partial charge on any atom is -0.480 e. The van der Waals surface area contributed by atoms with Crippen LogP contribution < -0.4 is 0 Å². The van der Waals surface area contributed by atoms with Crippen LogP contribution in [0, 0.1) is 0 Å². The average molecular weight is 269 g/mol. The summed E-state index contributed by atoms with van der Waals surface area (Å²) in [6.45, 7) is -0.0213. The van der Waals surface area contributed by atoms with E-state index in [0.717, 1.165) is 9.91 Å². The SMILES string of the molecule is CN1N=C(C(=O)N2C[C@H](O)C[C@@H]2C(=O)O)CCC1=O. The molecule has 0 aromatic heterocycles. The third kappa shape index (κ3) is 2.58. The van der Waals surface area contributed by atoms with Crippen LogP contribution in [0.2, 0.25) is 0 Å². The molecule has 2 N–H and O–H groups in total. The van der Waals surface area contributed by atoms with Crippen molar-refractivity contribution in [3.05, 3.63) is 0 Å². The van der Waals surface area contributed by atoms with Crippen LogP contribution in [0.15, 0.2) is 5.10 Å². The Kier molecular flexibility index (Phi) is 3.52. The largest absolute Gasteiger partial charge is 0.480 e. The quantitative estimate of drug-likeness (QED) is 0.643. The number of carbonyl (C=O) groups excluding carboxylic acids is 2. The smallest absolute Gasteiger partial charge is 0.326 e. The van der Waals surface area contributed by atoms with Crippen molar-refractivity contribution in [1.82, 2.24) is 9.91 Å². The highest BCUT2D eigenvalue weighted by atomic mass is 16.4. The zero-order valence-corrected chi connectivity index (χ0v) is 10.4. The van der Waals surface area contributed by atoms with Crippen molar-refractivity contribution in [3.63, 3.8) is 0 Å². The van der Waals surface area contributed by atoms with Crippen molar-refractivity contribution in [2.75, 3.05) is 13.6 Å². The number of nitrogens with zero attached hydrogens (tertiary/aromatic N) is 3. The molecule has 2 rings (SSSR count). The summed E-state index contributed by atoms with van der Waals surface area (Å²) >= 11 is 0. The van der Waals surface area contributed by atoms with Gasteiger partial charge in [0.1, 0.15) is 11.8 Å². The number of carboxylic acid groups (broad SMARTS) is 1. The number of aliphatic hydroxyl groups excluding tert-OH is 1. The fraction of sp³-hybridized carbons (Fsp3) is 0.636. The second kappa shape index (κ2) is 4.96. The van der Waals surface area contributed by atoms with Crippen molar-refractivity contribution in [2.24, 2.45) is 5.10 Å². The first-order valence-corrected chi connectivity index (χ1v) is 5.96. The van der Waals surface area contributed by atoms with Crippen LogP contribution in [0.5, 0.6) is 0 Å². The first kappa shape index (κ1) is 13.5. The fourth-order valence-corrected chi connectivity index (χ4v) is 2.26. The number of carbonyl (C=O) groups is 3. The summed E-state index contributed by atoms with van der Waals surface area (Å²) in [6.07, 6.45) is -0.451. The van der Waals surface area contributed by atoms with Crippen molar-refractivity contribution in [1.29, 1.82) is 0 Å². The first-order valence-electron chi connectivity index (χ1n) is 5.96. The van der Waals surface area contributed by atoms with Gasteiger partial charge in [-0.15, -0.1) is 0 Å². The van der Waals surface area contributed by atoms with Crippen molar-refractivity contribution in [2.45, 2.75) is 31.4 Å². The van der Waals surface area contributed by atoms with E-state index in [1.807, 2.05) is 0 Å². The molecule has 2 amide bonds. The van der Waals surface area contributed by atoms with E-state index >= 15 is 0 Å². The van der Waals surface area contributed by atoms with E-state index in [9.17, 15) is 19.5 Å². The molecule has 2 atom stereocenters. The van der Waals surface area contributed by atoms with Gasteiger partial charge >= 0.3 is 5.97 Å². The summed E-state index contributed by atoms with van der Waals surface area (Å²) in [4.78, 5) is 35.6. The first-order chi connectivity index (χ1) is 8.90. The van der Waals surface area contributed by atoms with Gasteiger partial charge in [-0.3, -0.25) is 9.59 Å². The Balaban J connectivity index is 2.17. The molecule has 1 saturated heterocycles. The predicted octanol–water partition coefficient (Wildman–Crippen LogP) is -1.36. The number of hydrogen-bond acceptors (Lipinski definition) is 5. The Morgan fingerprint density at radius 3 is 2.63 bits per heavy atom. The molecular weight excluding hydrogens is 254 g/mol. The summed E-state index contributed by atoms with van der Waals surface area (Å²) in [5, 5.41) is 23.5. The molecule has 0 aliphatic carbocycles. The minimum atomic E-state index is -1.15. The topological polar surface area (TPSA) is 111 Å². The Labute approximate surface area is 109 Å². The Bertz CT molecular complexity index is 461. The van der Waals surface area contributed by atoms with Gasteiger partial charge in [-0.25, -0.2) is 9.80 Å². The second-order valence-electron chi connectivity index (χ2n) is 4.67. The zero-order valence-electron chi connectivity index (χ0n) is 10.4. The molecule has 0 bridgehead atoms. The maximum atomic E-state index is 12.2. The molecule has 0 spiro atoms. The highest BCUT2D eigenvalue weighted by Crippen LogP contribution is 2.20. The second-order valence-corrected chi connectivity index (χ2v) is 4.67. The van der Waals surface area contributed by atoms with Crippen LogP contribution in [0.3, 0.4) is 0 Å². The number of amides is 2. The Morgan fingerprint density at radius 2 is 2.05 bits per heavy atom. The van der Waals surface area contributed by atoms with Crippen molar-refractivity contribution in [3.8, 4) is 0 Å². The lowest BCUT2D eigenvalue weighted by molar-refractivity contribution is -0.146. The van der Waals surface area contributed by atoms with Crippen LogP contribution in [0.4, 0.5) is 0 Å². The molecule has 19 heavy (non-hydrogen) atoms. The lowest BCUT2D eigenvalue weighted by atomic mass is 10.1. The highest BCUT2D eigenvalue weighted by Gasteiger charge is 2.40. The van der Waals surface area contributed by atoms with Gasteiger partial charge in [0.15, 0.2) is 0 Å². The fourth-order valence-electron chi connectivity index (χ4n) is 2.26. The summed E-state index contributed by atoms with van der Waals surface area (Å²) < 4.78 is 0. The molecular formula is C11H15N3O5. The molecule has 0 aromatic rings. The number of aliphatic hydroxyl groups is 1. The molecule has 0 radical (unpaired) electrons. The third-order valence-corrected chi connectivity index (χ3v) is 3.28. The molecule has 0 saturated carbocycles. The molecule has 8 nitrogen and oxygen atoms in total. The van der Waals surface area contributed by atoms with E-state index in [1.165, 1.54) is 7.05 Å². The van der Waals surface area contributed by atoms with E-state index in [4.69, 9.17) is 5.11 Å². The lowest BCUT2D eigenvalue weighted by Crippen LogP contribution is -2.46. The number of β-amino-alcohol motifs (C(OH)–C–C–N with tert-alkyl or cyclic N) is 1. The van der Waals surface area contributed by atoms with E-state index in [-0.39, 0.29) is 37.4 Å². The van der Waals surface area contributed by atoms with Gasteiger partial charge in [-0.05, 0) is 0 Å². The van der Waals surface area contributed by atoms with Crippen LogP contribution in [-0.4, -0.2) is 69.4 Å². The standard InChI is InChI=1S/C11H15N3O5/c1-13-9(16)3-2-7(12-13)10(17)14-5-6(15)4-8(14)11(18)19/h6,8,15H,2-5H2,1H3,(H,18,19)/t6-,8-/m1/s1. The number of hydrogen-bond donors (Lipinski definition) is 2. The normalized spacial score (nSPS) is 27.5. The average Bonchev–Trinajstić information content (AvgIpc) is 2.74. The van der Waals surface area contributed by atoms with E-state index in [1.54, 1.807) is 0 Å². The van der Waals surface area contributed by atoms with Crippen LogP contribution in [-0.2, 0) is 14.4 Å². The Hall–Kier alpha value is -1.96. The summed E-state index contributed by atoms with van der Waals surface area (Å²) in [7, 11) is 1.45. The molecule has 1 fully saturated rings.